The molecule has 1 N–H and O–H groups in total. The number of amides is 2. The van der Waals surface area contributed by atoms with Gasteiger partial charge < -0.3 is 19.9 Å². The van der Waals surface area contributed by atoms with Gasteiger partial charge in [0.05, 0.1) is 12.7 Å². The largest absolute Gasteiger partial charge is 0.374 e. The lowest BCUT2D eigenvalue weighted by Gasteiger charge is -2.38. The average molecular weight is 389 g/mol. The molecule has 0 spiro atoms. The summed E-state index contributed by atoms with van der Waals surface area (Å²) in [5, 5.41) is 3.09. The van der Waals surface area contributed by atoms with E-state index in [9.17, 15) is 4.79 Å². The summed E-state index contributed by atoms with van der Waals surface area (Å²) in [5.41, 5.74) is 3.94. The van der Waals surface area contributed by atoms with Gasteiger partial charge >= 0.3 is 6.03 Å². The Balaban J connectivity index is 1.43. The maximum Gasteiger partial charge on any atom is 0.317 e. The van der Waals surface area contributed by atoms with Crippen LogP contribution < -0.4 is 10.2 Å². The number of nitrogens with zero attached hydrogens (tertiary/aromatic N) is 3. The van der Waals surface area contributed by atoms with Crippen molar-refractivity contribution < 1.29 is 9.53 Å². The number of piperazine rings is 1. The summed E-state index contributed by atoms with van der Waals surface area (Å²) in [6.45, 7) is 16.4. The first-order chi connectivity index (χ1) is 13.4. The van der Waals surface area contributed by atoms with Gasteiger partial charge in [0.15, 0.2) is 0 Å². The number of benzene rings is 1. The molecule has 28 heavy (non-hydrogen) atoms. The molecule has 156 valence electrons. The molecule has 0 saturated carbocycles. The molecule has 0 aromatic heterocycles. The Morgan fingerprint density at radius 1 is 1.18 bits per heavy atom. The third-order valence-electron chi connectivity index (χ3n) is 5.81. The van der Waals surface area contributed by atoms with Crippen LogP contribution in [0.15, 0.2) is 18.2 Å². The highest BCUT2D eigenvalue weighted by Gasteiger charge is 2.25. The maximum absolute atomic E-state index is 12.6. The van der Waals surface area contributed by atoms with Gasteiger partial charge in [0.1, 0.15) is 0 Å². The van der Waals surface area contributed by atoms with E-state index in [0.717, 1.165) is 52.4 Å². The zero-order chi connectivity index (χ0) is 20.1. The summed E-state index contributed by atoms with van der Waals surface area (Å²) < 4.78 is 5.84. The van der Waals surface area contributed by atoms with Gasteiger partial charge in [-0.1, -0.05) is 26.0 Å². The van der Waals surface area contributed by atoms with Crippen LogP contribution in [0.4, 0.5) is 10.5 Å². The first-order valence-electron chi connectivity index (χ1n) is 10.6. The molecule has 2 fully saturated rings. The molecule has 1 atom stereocenters. The number of ether oxygens (including phenoxy) is 1. The van der Waals surface area contributed by atoms with Gasteiger partial charge in [0.2, 0.25) is 0 Å². The standard InChI is InChI=1S/C22H36N4O2/c1-17(2)15-24-12-13-28-20(16-24)14-23-22(27)26-10-8-25(9-11-26)21-7-5-6-18(3)19(21)4/h5-7,17,20H,8-16H2,1-4H3,(H,23,27). The first-order valence-corrected chi connectivity index (χ1v) is 10.6. The third kappa shape index (κ3) is 5.39. The summed E-state index contributed by atoms with van der Waals surface area (Å²) >= 11 is 0. The van der Waals surface area contributed by atoms with Gasteiger partial charge in [-0.05, 0) is 37.0 Å². The molecular formula is C22H36N4O2. The van der Waals surface area contributed by atoms with Gasteiger partial charge in [-0.3, -0.25) is 4.90 Å². The normalized spacial score (nSPS) is 21.2. The average Bonchev–Trinajstić information content (AvgIpc) is 2.68. The molecule has 6 nitrogen and oxygen atoms in total. The molecular weight excluding hydrogens is 352 g/mol. The van der Waals surface area contributed by atoms with Crippen LogP contribution in [0.1, 0.15) is 25.0 Å². The molecule has 1 aromatic carbocycles. The Morgan fingerprint density at radius 2 is 1.93 bits per heavy atom. The minimum atomic E-state index is 0.0326. The van der Waals surface area contributed by atoms with Crippen LogP contribution in [0.2, 0.25) is 0 Å². The quantitative estimate of drug-likeness (QED) is 0.842. The molecule has 2 amide bonds. The van der Waals surface area contributed by atoms with Crippen molar-refractivity contribution in [2.75, 3.05) is 63.9 Å². The fraction of sp³-hybridized carbons (Fsp3) is 0.682. The van der Waals surface area contributed by atoms with E-state index in [1.807, 2.05) is 4.90 Å². The number of carbonyl (C=O) groups is 1. The maximum atomic E-state index is 12.6. The number of carbonyl (C=O) groups excluding carboxylic acids is 1. The van der Waals surface area contributed by atoms with E-state index >= 15 is 0 Å². The Labute approximate surface area is 169 Å². The van der Waals surface area contributed by atoms with Crippen molar-refractivity contribution in [2.45, 2.75) is 33.8 Å². The van der Waals surface area contributed by atoms with Gasteiger partial charge in [-0.25, -0.2) is 4.79 Å². The molecule has 1 unspecified atom stereocenters. The van der Waals surface area contributed by atoms with Crippen LogP contribution in [0, 0.1) is 19.8 Å². The van der Waals surface area contributed by atoms with Crippen LogP contribution in [0.25, 0.3) is 0 Å². The summed E-state index contributed by atoms with van der Waals surface area (Å²) in [6, 6.07) is 6.48. The second-order valence-electron chi connectivity index (χ2n) is 8.53. The highest BCUT2D eigenvalue weighted by molar-refractivity contribution is 5.74. The Bertz CT molecular complexity index is 656. The van der Waals surface area contributed by atoms with E-state index < -0.39 is 0 Å². The van der Waals surface area contributed by atoms with Crippen molar-refractivity contribution in [1.29, 1.82) is 0 Å². The number of urea groups is 1. The second kappa shape index (κ2) is 9.61. The zero-order valence-corrected chi connectivity index (χ0v) is 17.9. The molecule has 0 aliphatic carbocycles. The topological polar surface area (TPSA) is 48.0 Å². The first kappa shape index (κ1) is 20.9. The van der Waals surface area contributed by atoms with Crippen LogP contribution in [-0.2, 0) is 4.74 Å². The number of hydrogen-bond donors (Lipinski definition) is 1. The summed E-state index contributed by atoms with van der Waals surface area (Å²) in [7, 11) is 0. The van der Waals surface area contributed by atoms with Crippen LogP contribution in [0.5, 0.6) is 0 Å². The van der Waals surface area contributed by atoms with Crippen LogP contribution >= 0.6 is 0 Å². The number of rotatable bonds is 5. The summed E-state index contributed by atoms with van der Waals surface area (Å²) in [6.07, 6.45) is 0.0904. The number of anilines is 1. The molecule has 0 bridgehead atoms. The Kier molecular flexibility index (Phi) is 7.18. The fourth-order valence-electron chi connectivity index (χ4n) is 4.13. The van der Waals surface area contributed by atoms with E-state index in [1.54, 1.807) is 0 Å². The lowest BCUT2D eigenvalue weighted by atomic mass is 10.1. The predicted molar refractivity (Wildman–Crippen MR) is 114 cm³/mol. The number of hydrogen-bond acceptors (Lipinski definition) is 4. The second-order valence-corrected chi connectivity index (χ2v) is 8.53. The van der Waals surface area contributed by atoms with Crippen molar-refractivity contribution in [3.05, 3.63) is 29.3 Å². The molecule has 2 saturated heterocycles. The van der Waals surface area contributed by atoms with Gasteiger partial charge in [-0.2, -0.15) is 0 Å². The number of aryl methyl sites for hydroxylation is 1. The SMILES string of the molecule is Cc1cccc(N2CCN(C(=O)NCC3CN(CC(C)C)CCO3)CC2)c1C. The molecule has 0 radical (unpaired) electrons. The van der Waals surface area contributed by atoms with E-state index in [2.05, 4.69) is 61.0 Å². The summed E-state index contributed by atoms with van der Waals surface area (Å²) in [5.74, 6) is 0.654. The molecule has 2 aliphatic heterocycles. The Hall–Kier alpha value is -1.79. The number of nitrogens with one attached hydrogen (secondary N) is 1. The van der Waals surface area contributed by atoms with Gasteiger partial charge in [0, 0.05) is 58.0 Å². The Morgan fingerprint density at radius 3 is 2.64 bits per heavy atom. The molecule has 2 heterocycles. The van der Waals surface area contributed by atoms with E-state index in [0.29, 0.717) is 12.5 Å². The fourth-order valence-corrected chi connectivity index (χ4v) is 4.13. The minimum absolute atomic E-state index is 0.0326. The monoisotopic (exact) mass is 388 g/mol. The molecule has 1 aromatic rings. The van der Waals surface area contributed by atoms with Crippen molar-refractivity contribution in [2.24, 2.45) is 5.92 Å². The van der Waals surface area contributed by atoms with Gasteiger partial charge in [-0.15, -0.1) is 0 Å². The van der Waals surface area contributed by atoms with E-state index in [4.69, 9.17) is 4.74 Å². The molecule has 3 rings (SSSR count). The summed E-state index contributed by atoms with van der Waals surface area (Å²) in [4.78, 5) is 19.3. The van der Waals surface area contributed by atoms with Gasteiger partial charge in [0.25, 0.3) is 0 Å². The highest BCUT2D eigenvalue weighted by Crippen LogP contribution is 2.23. The van der Waals surface area contributed by atoms with E-state index in [-0.39, 0.29) is 12.1 Å². The lowest BCUT2D eigenvalue weighted by Crippen LogP contribution is -2.54. The van der Waals surface area contributed by atoms with Crippen molar-refractivity contribution in [3.63, 3.8) is 0 Å². The zero-order valence-electron chi connectivity index (χ0n) is 17.9. The van der Waals surface area contributed by atoms with Crippen molar-refractivity contribution >= 4 is 11.7 Å². The highest BCUT2D eigenvalue weighted by atomic mass is 16.5. The molecule has 2 aliphatic rings. The smallest absolute Gasteiger partial charge is 0.317 e. The lowest BCUT2D eigenvalue weighted by molar-refractivity contribution is -0.0294. The van der Waals surface area contributed by atoms with E-state index in [1.165, 1.54) is 16.8 Å². The van der Waals surface area contributed by atoms with Crippen molar-refractivity contribution in [3.8, 4) is 0 Å². The predicted octanol–water partition coefficient (Wildman–Crippen LogP) is 2.49. The van der Waals surface area contributed by atoms with Crippen LogP contribution in [-0.4, -0.2) is 80.9 Å². The molecule has 6 heteroatoms. The number of morpholine rings is 1. The minimum Gasteiger partial charge on any atom is -0.374 e. The third-order valence-corrected chi connectivity index (χ3v) is 5.81. The van der Waals surface area contributed by atoms with Crippen molar-refractivity contribution in [1.82, 2.24) is 15.1 Å². The van der Waals surface area contributed by atoms with Crippen LogP contribution in [0.3, 0.4) is 0 Å².